The van der Waals surface area contributed by atoms with Crippen molar-refractivity contribution in [2.45, 2.75) is 26.3 Å². The average molecular weight is 302 g/mol. The van der Waals surface area contributed by atoms with Crippen LogP contribution in [0.3, 0.4) is 0 Å². The van der Waals surface area contributed by atoms with Crippen LogP contribution in [0.2, 0.25) is 0 Å². The Balaban J connectivity index is 1.64. The Kier molecular flexibility index (Phi) is 5.89. The molecule has 0 bridgehead atoms. The molecule has 5 heteroatoms. The van der Waals surface area contributed by atoms with E-state index in [0.29, 0.717) is 25.6 Å². The molecule has 22 heavy (non-hydrogen) atoms. The molecule has 2 N–H and O–H groups in total. The third-order valence-corrected chi connectivity index (χ3v) is 3.18. The molecule has 2 rings (SSSR count). The van der Waals surface area contributed by atoms with Gasteiger partial charge in [0.2, 0.25) is 0 Å². The second-order valence-electron chi connectivity index (χ2n) is 5.26. The number of carbonyl (C=O) groups is 1. The molecule has 0 radical (unpaired) electrons. The third kappa shape index (κ3) is 5.16. The summed E-state index contributed by atoms with van der Waals surface area (Å²) in [4.78, 5) is 11.6. The molecule has 118 valence electrons. The zero-order chi connectivity index (χ0) is 15.8. The summed E-state index contributed by atoms with van der Waals surface area (Å²) in [5, 5.41) is 5.44. The highest BCUT2D eigenvalue weighted by Crippen LogP contribution is 2.19. The van der Waals surface area contributed by atoms with Crippen molar-refractivity contribution in [3.63, 3.8) is 0 Å². The van der Waals surface area contributed by atoms with Gasteiger partial charge in [0, 0.05) is 0 Å². The van der Waals surface area contributed by atoms with Gasteiger partial charge in [-0.1, -0.05) is 26.0 Å². The summed E-state index contributed by atoms with van der Waals surface area (Å²) in [5.74, 6) is 2.01. The normalized spacial score (nSPS) is 10.5. The van der Waals surface area contributed by atoms with Gasteiger partial charge in [0.15, 0.2) is 0 Å². The number of ether oxygens (including phenoxy) is 1. The van der Waals surface area contributed by atoms with E-state index in [4.69, 9.17) is 9.15 Å². The van der Waals surface area contributed by atoms with E-state index in [0.717, 1.165) is 11.5 Å². The number of hydrogen-bond donors (Lipinski definition) is 2. The number of carbonyl (C=O) groups excluding carboxylic acids is 1. The maximum atomic E-state index is 11.6. The van der Waals surface area contributed by atoms with Gasteiger partial charge in [-0.05, 0) is 35.7 Å². The molecule has 0 aliphatic rings. The molecule has 0 unspecified atom stereocenters. The molecule has 0 atom stereocenters. The lowest BCUT2D eigenvalue weighted by Crippen LogP contribution is -2.37. The highest BCUT2D eigenvalue weighted by Gasteiger charge is 2.03. The Bertz CT molecular complexity index is 579. The molecular weight excluding hydrogens is 280 g/mol. The maximum absolute atomic E-state index is 11.6. The molecule has 0 saturated carbocycles. The first-order chi connectivity index (χ1) is 10.6. The van der Waals surface area contributed by atoms with Crippen molar-refractivity contribution >= 4 is 6.03 Å². The average Bonchev–Trinajstić information content (AvgIpc) is 3.03. The zero-order valence-corrected chi connectivity index (χ0v) is 13.0. The van der Waals surface area contributed by atoms with Crippen LogP contribution in [0.25, 0.3) is 0 Å². The highest BCUT2D eigenvalue weighted by atomic mass is 16.5. The number of benzene rings is 1. The highest BCUT2D eigenvalue weighted by molar-refractivity contribution is 5.73. The van der Waals surface area contributed by atoms with Crippen LogP contribution < -0.4 is 15.4 Å². The summed E-state index contributed by atoms with van der Waals surface area (Å²) in [5.41, 5.74) is 1.24. The molecule has 2 aromatic rings. The largest absolute Gasteiger partial charge is 0.492 e. The lowest BCUT2D eigenvalue weighted by Gasteiger charge is -2.11. The van der Waals surface area contributed by atoms with Gasteiger partial charge >= 0.3 is 6.03 Å². The lowest BCUT2D eigenvalue weighted by atomic mass is 10.0. The van der Waals surface area contributed by atoms with Gasteiger partial charge in [-0.25, -0.2) is 4.79 Å². The molecule has 0 aliphatic heterocycles. The van der Waals surface area contributed by atoms with Crippen molar-refractivity contribution < 1.29 is 13.9 Å². The van der Waals surface area contributed by atoms with E-state index in [-0.39, 0.29) is 6.03 Å². The second kappa shape index (κ2) is 8.12. The maximum Gasteiger partial charge on any atom is 0.315 e. The van der Waals surface area contributed by atoms with Crippen LogP contribution in [-0.2, 0) is 6.54 Å². The Morgan fingerprint density at radius 1 is 1.23 bits per heavy atom. The van der Waals surface area contributed by atoms with Gasteiger partial charge in [0.25, 0.3) is 0 Å². The van der Waals surface area contributed by atoms with E-state index in [2.05, 4.69) is 30.5 Å². The van der Waals surface area contributed by atoms with Crippen molar-refractivity contribution in [3.05, 3.63) is 54.0 Å². The minimum absolute atomic E-state index is 0.240. The summed E-state index contributed by atoms with van der Waals surface area (Å²) in [6, 6.07) is 11.4. The standard InChI is InChI=1S/C17H22N2O3/c1-13(2)14-5-3-6-15(11-14)22-10-8-18-17(20)19-12-16-7-4-9-21-16/h3-7,9,11,13H,8,10,12H2,1-2H3,(H2,18,19,20). The summed E-state index contributed by atoms with van der Waals surface area (Å²) < 4.78 is 10.8. The minimum Gasteiger partial charge on any atom is -0.492 e. The first-order valence-electron chi connectivity index (χ1n) is 7.42. The summed E-state index contributed by atoms with van der Waals surface area (Å²) in [6.07, 6.45) is 1.58. The fraction of sp³-hybridized carbons (Fsp3) is 0.353. The molecule has 1 aromatic carbocycles. The Morgan fingerprint density at radius 2 is 2.09 bits per heavy atom. The first kappa shape index (κ1) is 15.9. The summed E-state index contributed by atoms with van der Waals surface area (Å²) in [7, 11) is 0. The van der Waals surface area contributed by atoms with Crippen molar-refractivity contribution in [1.29, 1.82) is 0 Å². The minimum atomic E-state index is -0.240. The van der Waals surface area contributed by atoms with E-state index in [1.54, 1.807) is 12.3 Å². The third-order valence-electron chi connectivity index (χ3n) is 3.18. The smallest absolute Gasteiger partial charge is 0.315 e. The summed E-state index contributed by atoms with van der Waals surface area (Å²) >= 11 is 0. The quantitative estimate of drug-likeness (QED) is 0.771. The molecule has 1 aromatic heterocycles. The SMILES string of the molecule is CC(C)c1cccc(OCCNC(=O)NCc2ccco2)c1. The van der Waals surface area contributed by atoms with Crippen molar-refractivity contribution in [1.82, 2.24) is 10.6 Å². The van der Waals surface area contributed by atoms with E-state index in [9.17, 15) is 4.79 Å². The van der Waals surface area contributed by atoms with Gasteiger partial charge in [-0.2, -0.15) is 0 Å². The Labute approximate surface area is 130 Å². The van der Waals surface area contributed by atoms with E-state index in [1.165, 1.54) is 5.56 Å². The van der Waals surface area contributed by atoms with Crippen LogP contribution >= 0.6 is 0 Å². The predicted molar refractivity (Wildman–Crippen MR) is 85.0 cm³/mol. The first-order valence-corrected chi connectivity index (χ1v) is 7.42. The molecule has 5 nitrogen and oxygen atoms in total. The molecule has 0 aliphatic carbocycles. The van der Waals surface area contributed by atoms with E-state index < -0.39 is 0 Å². The molecule has 1 heterocycles. The fourth-order valence-electron chi connectivity index (χ4n) is 1.94. The second-order valence-corrected chi connectivity index (χ2v) is 5.26. The van der Waals surface area contributed by atoms with Crippen molar-refractivity contribution in [2.75, 3.05) is 13.2 Å². The van der Waals surface area contributed by atoms with Crippen molar-refractivity contribution in [3.8, 4) is 5.75 Å². The fourth-order valence-corrected chi connectivity index (χ4v) is 1.94. The van der Waals surface area contributed by atoms with Crippen LogP contribution in [0, 0.1) is 0 Å². The number of rotatable bonds is 7. The number of urea groups is 1. The zero-order valence-electron chi connectivity index (χ0n) is 13.0. The van der Waals surface area contributed by atoms with Gasteiger partial charge in [0.1, 0.15) is 18.1 Å². The van der Waals surface area contributed by atoms with Gasteiger partial charge in [0.05, 0.1) is 19.4 Å². The Morgan fingerprint density at radius 3 is 2.82 bits per heavy atom. The van der Waals surface area contributed by atoms with Crippen molar-refractivity contribution in [2.24, 2.45) is 0 Å². The topological polar surface area (TPSA) is 63.5 Å². The van der Waals surface area contributed by atoms with Gasteiger partial charge in [-0.15, -0.1) is 0 Å². The van der Waals surface area contributed by atoms with Gasteiger partial charge < -0.3 is 19.8 Å². The number of hydrogen-bond acceptors (Lipinski definition) is 3. The number of nitrogens with one attached hydrogen (secondary N) is 2. The molecular formula is C17H22N2O3. The number of amides is 2. The van der Waals surface area contributed by atoms with Crippen LogP contribution in [0.15, 0.2) is 47.1 Å². The Hall–Kier alpha value is -2.43. The number of furan rings is 1. The molecule has 2 amide bonds. The van der Waals surface area contributed by atoms with Gasteiger partial charge in [-0.3, -0.25) is 0 Å². The van der Waals surface area contributed by atoms with Crippen LogP contribution in [0.5, 0.6) is 5.75 Å². The van der Waals surface area contributed by atoms with E-state index >= 15 is 0 Å². The predicted octanol–water partition coefficient (Wildman–Crippen LogP) is 3.28. The monoisotopic (exact) mass is 302 g/mol. The summed E-state index contributed by atoms with van der Waals surface area (Å²) in [6.45, 7) is 5.52. The molecule has 0 spiro atoms. The van der Waals surface area contributed by atoms with Crippen LogP contribution in [0.4, 0.5) is 4.79 Å². The molecule has 0 saturated heterocycles. The molecule has 0 fully saturated rings. The lowest BCUT2D eigenvalue weighted by molar-refractivity contribution is 0.235. The van der Waals surface area contributed by atoms with Crippen LogP contribution in [-0.4, -0.2) is 19.2 Å². The van der Waals surface area contributed by atoms with Crippen LogP contribution in [0.1, 0.15) is 31.1 Å². The van der Waals surface area contributed by atoms with E-state index in [1.807, 2.05) is 24.3 Å².